The fourth-order valence-electron chi connectivity index (χ4n) is 5.18. The smallest absolute Gasteiger partial charge is 0.255 e. The number of hydrogen-bond acceptors (Lipinski definition) is 6. The van der Waals surface area contributed by atoms with Crippen molar-refractivity contribution in [2.45, 2.75) is 54.6 Å². The Labute approximate surface area is 215 Å². The summed E-state index contributed by atoms with van der Waals surface area (Å²) in [6, 6.07) is 5.90. The predicted molar refractivity (Wildman–Crippen MR) is 129 cm³/mol. The summed E-state index contributed by atoms with van der Waals surface area (Å²) in [4.78, 5) is 13.3. The van der Waals surface area contributed by atoms with E-state index < -0.39 is 47.8 Å². The summed E-state index contributed by atoms with van der Waals surface area (Å²) in [6.45, 7) is 2.84. The lowest BCUT2D eigenvalue weighted by Crippen LogP contribution is -2.53. The van der Waals surface area contributed by atoms with Crippen molar-refractivity contribution < 1.29 is 38.4 Å². The average molecular weight is 546 g/mol. The van der Waals surface area contributed by atoms with Crippen LogP contribution < -0.4 is 5.32 Å². The molecule has 2 aliphatic carbocycles. The third-order valence-electron chi connectivity index (χ3n) is 7.51. The number of benzene rings is 2. The maximum absolute atomic E-state index is 13.5. The molecule has 1 amide bonds. The molecule has 6 nitrogen and oxygen atoms in total. The molecule has 0 spiro atoms. The molecule has 2 fully saturated rings. The normalized spacial score (nSPS) is 27.9. The van der Waals surface area contributed by atoms with E-state index in [1.165, 1.54) is 30.8 Å². The number of aliphatic hydroxyl groups excluding tert-OH is 3. The zero-order valence-corrected chi connectivity index (χ0v) is 21.1. The lowest BCUT2D eigenvalue weighted by atomic mass is 9.67. The Morgan fingerprint density at radius 1 is 1.25 bits per heavy atom. The second kappa shape index (κ2) is 9.81. The van der Waals surface area contributed by atoms with Gasteiger partial charge in [0, 0.05) is 33.5 Å². The van der Waals surface area contributed by atoms with Crippen LogP contribution in [0.5, 0.6) is 0 Å². The van der Waals surface area contributed by atoms with E-state index in [1.54, 1.807) is 6.07 Å². The van der Waals surface area contributed by atoms with Crippen molar-refractivity contribution in [1.29, 1.82) is 0 Å². The number of nitrogens with one attached hydrogen (secondary N) is 1. The van der Waals surface area contributed by atoms with E-state index in [9.17, 15) is 33.3 Å². The van der Waals surface area contributed by atoms with Crippen molar-refractivity contribution in [3.63, 3.8) is 0 Å². The number of fused-ring (bicyclic) bond motifs is 1. The fourth-order valence-corrected chi connectivity index (χ4v) is 7.24. The first kappa shape index (κ1) is 27.2. The summed E-state index contributed by atoms with van der Waals surface area (Å²) in [5.41, 5.74) is -1.72. The van der Waals surface area contributed by atoms with Crippen LogP contribution in [0, 0.1) is 34.7 Å². The number of halogens is 4. The van der Waals surface area contributed by atoms with Crippen LogP contribution in [-0.4, -0.2) is 56.0 Å². The topological polar surface area (TPSA) is 110 Å². The second-order valence-corrected chi connectivity index (χ2v) is 11.7. The Morgan fingerprint density at radius 3 is 2.50 bits per heavy atom. The lowest BCUT2D eigenvalue weighted by Gasteiger charge is -2.46. The molecule has 2 aromatic carbocycles. The van der Waals surface area contributed by atoms with Gasteiger partial charge in [-0.3, -0.25) is 4.79 Å². The van der Waals surface area contributed by atoms with Crippen LogP contribution in [0.1, 0.15) is 37.0 Å². The number of thioether (sulfide) groups is 1. The van der Waals surface area contributed by atoms with E-state index in [0.29, 0.717) is 28.0 Å². The van der Waals surface area contributed by atoms with Gasteiger partial charge in [-0.25, -0.2) is 13.2 Å². The number of carbonyl (C=O) groups is 1. The third kappa shape index (κ3) is 4.99. The average Bonchev–Trinajstić information content (AvgIpc) is 3.45. The molecule has 36 heavy (non-hydrogen) atoms. The van der Waals surface area contributed by atoms with Crippen molar-refractivity contribution in [3.05, 3.63) is 58.4 Å². The highest BCUT2D eigenvalue weighted by molar-refractivity contribution is 8.00. The van der Waals surface area contributed by atoms with Gasteiger partial charge in [0.25, 0.3) is 5.91 Å². The van der Waals surface area contributed by atoms with Gasteiger partial charge < -0.3 is 25.7 Å². The molecule has 2 aromatic rings. The SMILES string of the molecule is CC(O)(CC1C(Sc2cc(C(=O)Nc3cc(F)c(F)c(F)c3)ccc2Cl)C2CC12C)C(O)C(O)CO. The quantitative estimate of drug-likeness (QED) is 0.305. The molecular formula is C25H27ClF3NO5S. The Bertz CT molecular complexity index is 1160. The predicted octanol–water partition coefficient (Wildman–Crippen LogP) is 3.98. The van der Waals surface area contributed by atoms with Gasteiger partial charge in [0.2, 0.25) is 0 Å². The molecule has 2 aliphatic rings. The van der Waals surface area contributed by atoms with E-state index in [-0.39, 0.29) is 34.3 Å². The van der Waals surface area contributed by atoms with Crippen LogP contribution in [0.4, 0.5) is 18.9 Å². The largest absolute Gasteiger partial charge is 0.394 e. The molecule has 0 aromatic heterocycles. The van der Waals surface area contributed by atoms with E-state index in [4.69, 9.17) is 16.7 Å². The highest BCUT2D eigenvalue weighted by atomic mass is 35.5. The molecule has 196 valence electrons. The third-order valence-corrected chi connectivity index (χ3v) is 9.47. The minimum Gasteiger partial charge on any atom is -0.394 e. The standard InChI is InChI=1S/C25H27ClF3NO5S/c1-24-8-13(24)21(14(24)9-25(2,35)22(33)18(32)10-31)36-19-5-11(3-4-15(19)26)23(34)30-12-6-16(27)20(29)17(28)7-12/h3-7,13-14,18,21-22,31-33,35H,8-10H2,1-2H3,(H,30,34). The summed E-state index contributed by atoms with van der Waals surface area (Å²) in [5.74, 6) is -4.81. The number of amides is 1. The first-order valence-corrected chi connectivity index (χ1v) is 12.7. The Morgan fingerprint density at radius 2 is 1.89 bits per heavy atom. The number of anilines is 1. The van der Waals surface area contributed by atoms with E-state index in [0.717, 1.165) is 6.42 Å². The van der Waals surface area contributed by atoms with Crippen molar-refractivity contribution in [2.24, 2.45) is 17.3 Å². The monoisotopic (exact) mass is 545 g/mol. The first-order valence-electron chi connectivity index (χ1n) is 11.4. The highest BCUT2D eigenvalue weighted by Gasteiger charge is 2.71. The Kier molecular flexibility index (Phi) is 7.42. The van der Waals surface area contributed by atoms with Gasteiger partial charge >= 0.3 is 0 Å². The molecule has 0 saturated heterocycles. The van der Waals surface area contributed by atoms with Gasteiger partial charge in [0.05, 0.1) is 17.2 Å². The van der Waals surface area contributed by atoms with Crippen LogP contribution in [-0.2, 0) is 0 Å². The zero-order valence-electron chi connectivity index (χ0n) is 19.5. The molecule has 0 radical (unpaired) electrons. The van der Waals surface area contributed by atoms with Crippen LogP contribution in [0.15, 0.2) is 35.2 Å². The zero-order chi connectivity index (χ0) is 26.6. The highest BCUT2D eigenvalue weighted by Crippen LogP contribution is 2.76. The van der Waals surface area contributed by atoms with E-state index >= 15 is 0 Å². The van der Waals surface area contributed by atoms with Gasteiger partial charge in [-0.05, 0) is 55.2 Å². The summed E-state index contributed by atoms with van der Waals surface area (Å²) in [5, 5.41) is 42.8. The summed E-state index contributed by atoms with van der Waals surface area (Å²) >= 11 is 7.83. The van der Waals surface area contributed by atoms with Gasteiger partial charge in [0.1, 0.15) is 12.2 Å². The second-order valence-electron chi connectivity index (χ2n) is 10.1. The van der Waals surface area contributed by atoms with Crippen molar-refractivity contribution >= 4 is 35.0 Å². The van der Waals surface area contributed by atoms with E-state index in [1.807, 2.05) is 0 Å². The molecule has 4 rings (SSSR count). The molecular weight excluding hydrogens is 519 g/mol. The van der Waals surface area contributed by atoms with Crippen LogP contribution in [0.3, 0.4) is 0 Å². The van der Waals surface area contributed by atoms with Gasteiger partial charge in [-0.1, -0.05) is 18.5 Å². The van der Waals surface area contributed by atoms with Gasteiger partial charge in [-0.15, -0.1) is 11.8 Å². The van der Waals surface area contributed by atoms with Crippen LogP contribution in [0.25, 0.3) is 0 Å². The van der Waals surface area contributed by atoms with Crippen molar-refractivity contribution in [3.8, 4) is 0 Å². The minimum absolute atomic E-state index is 0.0241. The summed E-state index contributed by atoms with van der Waals surface area (Å²) in [7, 11) is 0. The molecule has 0 bridgehead atoms. The summed E-state index contributed by atoms with van der Waals surface area (Å²) in [6.07, 6.45) is -1.88. The van der Waals surface area contributed by atoms with Crippen molar-refractivity contribution in [1.82, 2.24) is 0 Å². The Balaban J connectivity index is 1.49. The number of rotatable bonds is 9. The first-order chi connectivity index (χ1) is 16.8. The lowest BCUT2D eigenvalue weighted by molar-refractivity contribution is -0.141. The van der Waals surface area contributed by atoms with Gasteiger partial charge in [0.15, 0.2) is 17.5 Å². The maximum Gasteiger partial charge on any atom is 0.255 e. The maximum atomic E-state index is 13.5. The molecule has 0 heterocycles. The van der Waals surface area contributed by atoms with E-state index in [2.05, 4.69) is 12.2 Å². The minimum atomic E-state index is -1.63. The Hall–Kier alpha value is -1.82. The van der Waals surface area contributed by atoms with Gasteiger partial charge in [-0.2, -0.15) is 0 Å². The number of aliphatic hydroxyl groups is 4. The van der Waals surface area contributed by atoms with Crippen molar-refractivity contribution in [2.75, 3.05) is 11.9 Å². The number of hydrogen-bond donors (Lipinski definition) is 5. The molecule has 7 atom stereocenters. The number of carbonyl (C=O) groups excluding carboxylic acids is 1. The molecule has 7 unspecified atom stereocenters. The van der Waals surface area contributed by atoms with Crippen LogP contribution >= 0.6 is 23.4 Å². The molecule has 2 saturated carbocycles. The van der Waals surface area contributed by atoms with Crippen LogP contribution in [0.2, 0.25) is 5.02 Å². The summed E-state index contributed by atoms with van der Waals surface area (Å²) < 4.78 is 40.2. The molecule has 5 N–H and O–H groups in total. The molecule has 11 heteroatoms. The molecule has 0 aliphatic heterocycles. The fraction of sp³-hybridized carbons (Fsp3) is 0.480.